The van der Waals surface area contributed by atoms with Crippen LogP contribution in [0.1, 0.15) is 6.92 Å². The van der Waals surface area contributed by atoms with Crippen LogP contribution in [0.2, 0.25) is 0 Å². The first kappa shape index (κ1) is 13.2. The first-order valence-corrected chi connectivity index (χ1v) is 6.71. The Bertz CT molecular complexity index is 453. The molecule has 5 N–H and O–H groups in total. The lowest BCUT2D eigenvalue weighted by Gasteiger charge is -2.22. The lowest BCUT2D eigenvalue weighted by molar-refractivity contribution is -0.115. The van der Waals surface area contributed by atoms with Crippen molar-refractivity contribution >= 4 is 29.0 Å². The number of aliphatic hydroxyl groups excluding tert-OH is 1. The van der Waals surface area contributed by atoms with Crippen LogP contribution in [0.4, 0.5) is 11.4 Å². The van der Waals surface area contributed by atoms with Gasteiger partial charge in [0.05, 0.1) is 17.0 Å². The number of anilines is 2. The van der Waals surface area contributed by atoms with Crippen molar-refractivity contribution in [1.82, 2.24) is 0 Å². The minimum atomic E-state index is -0.565. The molecule has 2 atom stereocenters. The summed E-state index contributed by atoms with van der Waals surface area (Å²) in [6.07, 6.45) is -0.565. The van der Waals surface area contributed by atoms with Gasteiger partial charge in [0.25, 0.3) is 0 Å². The average Bonchev–Trinajstić information content (AvgIpc) is 2.37. The van der Waals surface area contributed by atoms with Crippen molar-refractivity contribution in [2.45, 2.75) is 23.2 Å². The van der Waals surface area contributed by atoms with E-state index in [2.05, 4.69) is 10.6 Å². The van der Waals surface area contributed by atoms with E-state index in [9.17, 15) is 9.90 Å². The summed E-state index contributed by atoms with van der Waals surface area (Å²) < 4.78 is 0. The minimum absolute atomic E-state index is 0.0200. The fourth-order valence-electron chi connectivity index (χ4n) is 1.64. The molecular formula is C12H17N3O2S. The van der Waals surface area contributed by atoms with E-state index < -0.39 is 6.10 Å². The Morgan fingerprint density at radius 2 is 2.39 bits per heavy atom. The van der Waals surface area contributed by atoms with Gasteiger partial charge in [-0.3, -0.25) is 4.79 Å². The molecule has 0 saturated carbocycles. The number of hydrogen-bond donors (Lipinski definition) is 4. The molecule has 0 fully saturated rings. The molecule has 0 spiro atoms. The number of hydrogen-bond acceptors (Lipinski definition) is 5. The molecule has 1 aromatic rings. The summed E-state index contributed by atoms with van der Waals surface area (Å²) in [5.74, 6) is 0.0200. The number of carbonyl (C=O) groups is 1. The summed E-state index contributed by atoms with van der Waals surface area (Å²) >= 11 is 1.55. The highest BCUT2D eigenvalue weighted by Gasteiger charge is 2.22. The van der Waals surface area contributed by atoms with E-state index in [4.69, 9.17) is 5.73 Å². The maximum Gasteiger partial charge on any atom is 0.237 e. The first-order chi connectivity index (χ1) is 8.60. The predicted octanol–water partition coefficient (Wildman–Crippen LogP) is 0.851. The molecule has 0 saturated heterocycles. The number of aliphatic hydroxyl groups is 1. The number of fused-ring (bicyclic) bond motifs is 1. The molecule has 1 heterocycles. The van der Waals surface area contributed by atoms with E-state index in [0.29, 0.717) is 6.54 Å². The van der Waals surface area contributed by atoms with Crippen LogP contribution in [0.3, 0.4) is 0 Å². The topological polar surface area (TPSA) is 87.4 Å². The van der Waals surface area contributed by atoms with Crippen molar-refractivity contribution in [3.05, 3.63) is 18.2 Å². The number of rotatable bonds is 4. The maximum atomic E-state index is 11.6. The fraction of sp³-hybridized carbons (Fsp3) is 0.417. The third-order valence-electron chi connectivity index (χ3n) is 2.72. The van der Waals surface area contributed by atoms with E-state index >= 15 is 0 Å². The van der Waals surface area contributed by atoms with Gasteiger partial charge in [-0.05, 0) is 25.1 Å². The summed E-state index contributed by atoms with van der Waals surface area (Å²) in [6, 6.07) is 5.77. The first-order valence-electron chi connectivity index (χ1n) is 5.83. The van der Waals surface area contributed by atoms with Gasteiger partial charge < -0.3 is 21.5 Å². The van der Waals surface area contributed by atoms with Gasteiger partial charge in [0.2, 0.25) is 5.91 Å². The van der Waals surface area contributed by atoms with Crippen molar-refractivity contribution in [2.24, 2.45) is 5.73 Å². The smallest absolute Gasteiger partial charge is 0.237 e. The van der Waals surface area contributed by atoms with Crippen LogP contribution in [0.15, 0.2) is 23.1 Å². The van der Waals surface area contributed by atoms with E-state index in [1.54, 1.807) is 11.8 Å². The van der Waals surface area contributed by atoms with Gasteiger partial charge in [0.15, 0.2) is 0 Å². The Morgan fingerprint density at radius 1 is 1.61 bits per heavy atom. The molecule has 0 radical (unpaired) electrons. The Hall–Kier alpha value is -1.24. The van der Waals surface area contributed by atoms with Crippen molar-refractivity contribution in [2.75, 3.05) is 23.7 Å². The second-order valence-electron chi connectivity index (χ2n) is 4.23. The second kappa shape index (κ2) is 5.60. The summed E-state index contributed by atoms with van der Waals surface area (Å²) in [5.41, 5.74) is 7.00. The second-order valence-corrected chi connectivity index (χ2v) is 5.61. The summed E-state index contributed by atoms with van der Waals surface area (Å²) in [7, 11) is 0. The zero-order valence-corrected chi connectivity index (χ0v) is 11.0. The lowest BCUT2D eigenvalue weighted by atomic mass is 10.2. The lowest BCUT2D eigenvalue weighted by Crippen LogP contribution is -2.28. The summed E-state index contributed by atoms with van der Waals surface area (Å²) in [6.45, 7) is 2.50. The minimum Gasteiger partial charge on any atom is -0.390 e. The molecule has 18 heavy (non-hydrogen) atoms. The van der Waals surface area contributed by atoms with Gasteiger partial charge in [-0.15, -0.1) is 11.8 Å². The zero-order valence-electron chi connectivity index (χ0n) is 10.1. The van der Waals surface area contributed by atoms with Gasteiger partial charge in [0.1, 0.15) is 0 Å². The Balaban J connectivity index is 2.08. The molecule has 0 bridgehead atoms. The molecule has 0 aliphatic carbocycles. The standard InChI is InChI=1S/C12H17N3O2S/c1-7-12(17)15-10-4-8(2-3-11(10)18-7)14-6-9(16)5-13/h2-4,7,9,14,16H,5-6,13H2,1H3,(H,15,17). The Kier molecular flexibility index (Phi) is 4.11. The maximum absolute atomic E-state index is 11.6. The fourth-order valence-corrected chi connectivity index (χ4v) is 2.57. The van der Waals surface area contributed by atoms with E-state index in [-0.39, 0.29) is 17.7 Å². The van der Waals surface area contributed by atoms with Crippen LogP contribution >= 0.6 is 11.8 Å². The van der Waals surface area contributed by atoms with Gasteiger partial charge >= 0.3 is 0 Å². The molecule has 2 rings (SSSR count). The van der Waals surface area contributed by atoms with E-state index in [1.807, 2.05) is 25.1 Å². The van der Waals surface area contributed by atoms with Crippen molar-refractivity contribution in [1.29, 1.82) is 0 Å². The average molecular weight is 267 g/mol. The number of thioether (sulfide) groups is 1. The summed E-state index contributed by atoms with van der Waals surface area (Å²) in [5, 5.41) is 15.3. The third-order valence-corrected chi connectivity index (χ3v) is 3.90. The molecule has 98 valence electrons. The van der Waals surface area contributed by atoms with Crippen molar-refractivity contribution in [3.63, 3.8) is 0 Å². The van der Waals surface area contributed by atoms with Gasteiger partial charge in [-0.25, -0.2) is 0 Å². The van der Waals surface area contributed by atoms with Crippen LogP contribution in [0, 0.1) is 0 Å². The van der Waals surface area contributed by atoms with Crippen molar-refractivity contribution in [3.8, 4) is 0 Å². The predicted molar refractivity (Wildman–Crippen MR) is 73.9 cm³/mol. The Labute approximate surface area is 110 Å². The SMILES string of the molecule is CC1Sc2ccc(NCC(O)CN)cc2NC1=O. The Morgan fingerprint density at radius 3 is 3.11 bits per heavy atom. The highest BCUT2D eigenvalue weighted by atomic mass is 32.2. The highest BCUT2D eigenvalue weighted by molar-refractivity contribution is 8.00. The number of nitrogens with two attached hydrogens (primary N) is 1. The molecule has 6 heteroatoms. The highest BCUT2D eigenvalue weighted by Crippen LogP contribution is 2.36. The molecule has 1 aliphatic rings. The number of carbonyl (C=O) groups excluding carboxylic acids is 1. The van der Waals surface area contributed by atoms with Crippen LogP contribution in [-0.2, 0) is 4.79 Å². The van der Waals surface area contributed by atoms with Crippen LogP contribution < -0.4 is 16.4 Å². The molecule has 2 unspecified atom stereocenters. The summed E-state index contributed by atoms with van der Waals surface area (Å²) in [4.78, 5) is 12.6. The molecule has 1 aromatic carbocycles. The monoisotopic (exact) mass is 267 g/mol. The molecule has 1 aliphatic heterocycles. The van der Waals surface area contributed by atoms with Crippen LogP contribution in [0.25, 0.3) is 0 Å². The van der Waals surface area contributed by atoms with Gasteiger partial charge in [-0.1, -0.05) is 0 Å². The number of amides is 1. The van der Waals surface area contributed by atoms with Crippen LogP contribution in [-0.4, -0.2) is 35.5 Å². The molecule has 0 aromatic heterocycles. The van der Waals surface area contributed by atoms with E-state index in [1.165, 1.54) is 0 Å². The zero-order chi connectivity index (χ0) is 13.1. The molecule has 5 nitrogen and oxygen atoms in total. The van der Waals surface area contributed by atoms with Crippen LogP contribution in [0.5, 0.6) is 0 Å². The normalized spacial score (nSPS) is 19.9. The van der Waals surface area contributed by atoms with Gasteiger partial charge in [0, 0.05) is 23.7 Å². The number of benzene rings is 1. The third kappa shape index (κ3) is 2.95. The van der Waals surface area contributed by atoms with E-state index in [0.717, 1.165) is 16.3 Å². The quantitative estimate of drug-likeness (QED) is 0.649. The largest absolute Gasteiger partial charge is 0.390 e. The molecular weight excluding hydrogens is 250 g/mol. The van der Waals surface area contributed by atoms with Crippen molar-refractivity contribution < 1.29 is 9.90 Å². The number of nitrogens with one attached hydrogen (secondary N) is 2. The molecule has 1 amide bonds. The van der Waals surface area contributed by atoms with Gasteiger partial charge in [-0.2, -0.15) is 0 Å².